The highest BCUT2D eigenvalue weighted by Gasteiger charge is 2.37. The molecule has 2 atom stereocenters. The molecule has 4 rings (SSSR count). The van der Waals surface area contributed by atoms with E-state index in [1.165, 1.54) is 18.2 Å². The lowest BCUT2D eigenvalue weighted by Gasteiger charge is -2.35. The van der Waals surface area contributed by atoms with E-state index < -0.39 is 0 Å². The number of carbonyl (C=O) groups is 1. The van der Waals surface area contributed by atoms with Crippen molar-refractivity contribution in [3.8, 4) is 0 Å². The smallest absolute Gasteiger partial charge is 0.334 e. The first kappa shape index (κ1) is 17.3. The Kier molecular flexibility index (Phi) is 4.64. The normalized spacial score (nSPS) is 18.7. The van der Waals surface area contributed by atoms with Crippen LogP contribution in [0.2, 0.25) is 0 Å². The second-order valence-corrected chi connectivity index (χ2v) is 6.91. The van der Waals surface area contributed by atoms with Gasteiger partial charge in [0.2, 0.25) is 0 Å². The number of hydrogen-bond donors (Lipinski definition) is 0. The van der Waals surface area contributed by atoms with Crippen LogP contribution in [0.3, 0.4) is 0 Å². The molecular formula is C25H22O2. The molecule has 0 unspecified atom stereocenters. The fraction of sp³-hybridized carbons (Fsp3) is 0.160. The van der Waals surface area contributed by atoms with Gasteiger partial charge in [0.05, 0.1) is 7.11 Å². The molecule has 0 N–H and O–H groups in total. The van der Waals surface area contributed by atoms with Gasteiger partial charge in [-0.1, -0.05) is 91.9 Å². The van der Waals surface area contributed by atoms with Crippen LogP contribution < -0.4 is 0 Å². The highest BCUT2D eigenvalue weighted by molar-refractivity contribution is 6.04. The molecule has 0 saturated carbocycles. The Balaban J connectivity index is 2.02. The van der Waals surface area contributed by atoms with E-state index in [1.54, 1.807) is 0 Å². The summed E-state index contributed by atoms with van der Waals surface area (Å²) < 4.78 is 5.21. The molecule has 2 heteroatoms. The van der Waals surface area contributed by atoms with Crippen LogP contribution in [0.25, 0.3) is 5.57 Å². The Morgan fingerprint density at radius 1 is 0.815 bits per heavy atom. The lowest BCUT2D eigenvalue weighted by molar-refractivity contribution is -0.136. The summed E-state index contributed by atoms with van der Waals surface area (Å²) >= 11 is 0. The molecule has 0 amide bonds. The van der Waals surface area contributed by atoms with E-state index in [-0.39, 0.29) is 17.8 Å². The molecule has 1 aliphatic rings. The molecule has 1 aliphatic carbocycles. The van der Waals surface area contributed by atoms with E-state index in [0.29, 0.717) is 0 Å². The highest BCUT2D eigenvalue weighted by atomic mass is 16.5. The van der Waals surface area contributed by atoms with Crippen LogP contribution in [0, 0.1) is 5.92 Å². The number of benzene rings is 3. The predicted octanol–water partition coefficient (Wildman–Crippen LogP) is 5.44. The van der Waals surface area contributed by atoms with Crippen molar-refractivity contribution in [2.24, 2.45) is 5.92 Å². The predicted molar refractivity (Wildman–Crippen MR) is 108 cm³/mol. The zero-order chi connectivity index (χ0) is 18.8. The molecule has 0 radical (unpaired) electrons. The van der Waals surface area contributed by atoms with Gasteiger partial charge in [0.15, 0.2) is 0 Å². The van der Waals surface area contributed by atoms with Crippen molar-refractivity contribution in [3.63, 3.8) is 0 Å². The first-order valence-electron chi connectivity index (χ1n) is 9.24. The van der Waals surface area contributed by atoms with Gasteiger partial charge in [-0.15, -0.1) is 0 Å². The number of hydrogen-bond acceptors (Lipinski definition) is 2. The first-order valence-corrected chi connectivity index (χ1v) is 9.24. The highest BCUT2D eigenvalue weighted by Crippen LogP contribution is 2.48. The van der Waals surface area contributed by atoms with E-state index in [2.05, 4.69) is 61.5 Å². The largest absolute Gasteiger partial charge is 0.466 e. The Hall–Kier alpha value is -3.13. The molecule has 3 aromatic carbocycles. The fourth-order valence-electron chi connectivity index (χ4n) is 4.25. The molecule has 0 spiro atoms. The Bertz CT molecular complexity index is 987. The van der Waals surface area contributed by atoms with Crippen LogP contribution in [0.5, 0.6) is 0 Å². The lowest BCUT2D eigenvalue weighted by atomic mass is 9.68. The second kappa shape index (κ2) is 7.24. The van der Waals surface area contributed by atoms with Gasteiger partial charge in [-0.2, -0.15) is 0 Å². The van der Waals surface area contributed by atoms with Gasteiger partial charge in [0, 0.05) is 11.5 Å². The summed E-state index contributed by atoms with van der Waals surface area (Å²) in [5.74, 6) is -0.134. The van der Waals surface area contributed by atoms with Crippen molar-refractivity contribution in [1.82, 2.24) is 0 Å². The van der Waals surface area contributed by atoms with Gasteiger partial charge in [0.1, 0.15) is 0 Å². The SMILES string of the molecule is COC(=O)C1=C(c2ccccc2)c2ccccc2[C@H](c2ccccc2)[C@H]1C. The molecule has 0 saturated heterocycles. The van der Waals surface area contributed by atoms with Crippen LogP contribution in [0.4, 0.5) is 0 Å². The molecule has 2 nitrogen and oxygen atoms in total. The standard InChI is InChI=1S/C25H22O2/c1-17-22(18-11-5-3-6-12-18)20-15-9-10-16-21(20)24(23(17)25(26)27-2)19-13-7-4-8-14-19/h3-17,22H,1-2H3/t17-,22+/m1/s1. The Morgan fingerprint density at radius 3 is 2.07 bits per heavy atom. The number of carbonyl (C=O) groups excluding carboxylic acids is 1. The van der Waals surface area contributed by atoms with Crippen LogP contribution in [-0.4, -0.2) is 13.1 Å². The third-order valence-electron chi connectivity index (χ3n) is 5.42. The average molecular weight is 354 g/mol. The molecule has 134 valence electrons. The molecule has 0 fully saturated rings. The van der Waals surface area contributed by atoms with Crippen LogP contribution in [-0.2, 0) is 9.53 Å². The summed E-state index contributed by atoms with van der Waals surface area (Å²) in [6, 6.07) is 28.9. The Morgan fingerprint density at radius 2 is 1.41 bits per heavy atom. The minimum Gasteiger partial charge on any atom is -0.466 e. The van der Waals surface area contributed by atoms with Gasteiger partial charge in [-0.3, -0.25) is 0 Å². The maximum atomic E-state index is 12.9. The lowest BCUT2D eigenvalue weighted by Crippen LogP contribution is -2.26. The third kappa shape index (κ3) is 2.97. The Labute approximate surface area is 160 Å². The maximum absolute atomic E-state index is 12.9. The summed E-state index contributed by atoms with van der Waals surface area (Å²) in [4.78, 5) is 12.9. The van der Waals surface area contributed by atoms with Crippen molar-refractivity contribution in [2.75, 3.05) is 7.11 Å². The number of esters is 1. The third-order valence-corrected chi connectivity index (χ3v) is 5.42. The first-order chi connectivity index (χ1) is 13.2. The van der Waals surface area contributed by atoms with Crippen molar-refractivity contribution in [1.29, 1.82) is 0 Å². The molecule has 0 bridgehead atoms. The monoisotopic (exact) mass is 354 g/mol. The van der Waals surface area contributed by atoms with Crippen LogP contribution in [0.1, 0.15) is 35.1 Å². The summed E-state index contributed by atoms with van der Waals surface area (Å²) in [7, 11) is 1.46. The van der Waals surface area contributed by atoms with E-state index in [4.69, 9.17) is 4.74 Å². The molecule has 0 aliphatic heterocycles. The van der Waals surface area contributed by atoms with Gasteiger partial charge in [-0.25, -0.2) is 4.79 Å². The number of rotatable bonds is 3. The molecule has 27 heavy (non-hydrogen) atoms. The number of methoxy groups -OCH3 is 1. The molecule has 3 aromatic rings. The zero-order valence-corrected chi connectivity index (χ0v) is 15.6. The molecule has 0 heterocycles. The van der Waals surface area contributed by atoms with Gasteiger partial charge < -0.3 is 4.74 Å². The van der Waals surface area contributed by atoms with Gasteiger partial charge in [0.25, 0.3) is 0 Å². The quantitative estimate of drug-likeness (QED) is 0.585. The van der Waals surface area contributed by atoms with Crippen molar-refractivity contribution in [2.45, 2.75) is 12.8 Å². The second-order valence-electron chi connectivity index (χ2n) is 6.91. The van der Waals surface area contributed by atoms with E-state index >= 15 is 0 Å². The van der Waals surface area contributed by atoms with Crippen LogP contribution >= 0.6 is 0 Å². The van der Waals surface area contributed by atoms with E-state index in [0.717, 1.165) is 22.3 Å². The van der Waals surface area contributed by atoms with E-state index in [1.807, 2.05) is 30.3 Å². The maximum Gasteiger partial charge on any atom is 0.334 e. The van der Waals surface area contributed by atoms with Crippen LogP contribution in [0.15, 0.2) is 90.5 Å². The minimum atomic E-state index is -0.253. The topological polar surface area (TPSA) is 26.3 Å². The molecule has 0 aromatic heterocycles. The number of fused-ring (bicyclic) bond motifs is 1. The average Bonchev–Trinajstić information content (AvgIpc) is 2.73. The van der Waals surface area contributed by atoms with Crippen molar-refractivity contribution in [3.05, 3.63) is 113 Å². The molecular weight excluding hydrogens is 332 g/mol. The summed E-state index contributed by atoms with van der Waals surface area (Å²) in [6.07, 6.45) is 0. The van der Waals surface area contributed by atoms with Crippen molar-refractivity contribution < 1.29 is 9.53 Å². The summed E-state index contributed by atoms with van der Waals surface area (Å²) in [5.41, 5.74) is 6.35. The fourth-order valence-corrected chi connectivity index (χ4v) is 4.25. The van der Waals surface area contributed by atoms with Gasteiger partial charge in [-0.05, 0) is 33.7 Å². The van der Waals surface area contributed by atoms with Gasteiger partial charge >= 0.3 is 5.97 Å². The zero-order valence-electron chi connectivity index (χ0n) is 15.6. The summed E-state index contributed by atoms with van der Waals surface area (Å²) in [5, 5.41) is 0. The van der Waals surface area contributed by atoms with E-state index in [9.17, 15) is 4.79 Å². The number of ether oxygens (including phenoxy) is 1. The minimum absolute atomic E-state index is 0.00459. The van der Waals surface area contributed by atoms with Crippen molar-refractivity contribution >= 4 is 11.5 Å². The summed E-state index contributed by atoms with van der Waals surface area (Å²) in [6.45, 7) is 2.13.